The van der Waals surface area contributed by atoms with Crippen LogP contribution in [0, 0.1) is 0 Å². The number of carbonyl (C=O) groups excluding carboxylic acids is 1. The molecule has 1 fully saturated rings. The maximum absolute atomic E-state index is 12.5. The molecular weight excluding hydrogens is 368 g/mol. The second-order valence-corrected chi connectivity index (χ2v) is 6.88. The Morgan fingerprint density at radius 1 is 1.29 bits per heavy atom. The molecule has 28 heavy (non-hydrogen) atoms. The molecule has 0 unspecified atom stereocenters. The zero-order valence-corrected chi connectivity index (χ0v) is 16.1. The molecule has 11 nitrogen and oxygen atoms in total. The molecule has 0 atom stereocenters. The molecule has 0 aliphatic heterocycles. The van der Waals surface area contributed by atoms with Crippen molar-refractivity contribution in [3.05, 3.63) is 44.2 Å². The third-order valence-electron chi connectivity index (χ3n) is 5.11. The van der Waals surface area contributed by atoms with Crippen LogP contribution >= 0.6 is 0 Å². The van der Waals surface area contributed by atoms with Gasteiger partial charge in [-0.05, 0) is 12.8 Å². The number of nitrogens with zero attached hydrogens (tertiary/aromatic N) is 5. The van der Waals surface area contributed by atoms with E-state index in [0.29, 0.717) is 31.8 Å². The van der Waals surface area contributed by atoms with E-state index in [4.69, 9.17) is 4.74 Å². The highest BCUT2D eigenvalue weighted by atomic mass is 16.5. The summed E-state index contributed by atoms with van der Waals surface area (Å²) in [5.41, 5.74) is -1.04. The van der Waals surface area contributed by atoms with Gasteiger partial charge < -0.3 is 19.7 Å². The van der Waals surface area contributed by atoms with Crippen LogP contribution in [0.1, 0.15) is 40.9 Å². The van der Waals surface area contributed by atoms with Crippen molar-refractivity contribution in [3.63, 3.8) is 0 Å². The van der Waals surface area contributed by atoms with Crippen LogP contribution in [0.2, 0.25) is 0 Å². The fourth-order valence-electron chi connectivity index (χ4n) is 3.35. The van der Waals surface area contributed by atoms with Gasteiger partial charge in [-0.15, -0.1) is 10.2 Å². The fourth-order valence-corrected chi connectivity index (χ4v) is 3.35. The van der Waals surface area contributed by atoms with Crippen molar-refractivity contribution in [1.29, 1.82) is 0 Å². The topological polar surface area (TPSA) is 133 Å². The van der Waals surface area contributed by atoms with Gasteiger partial charge in [-0.2, -0.15) is 0 Å². The molecule has 0 aromatic carbocycles. The van der Waals surface area contributed by atoms with E-state index in [9.17, 15) is 19.5 Å². The second-order valence-electron chi connectivity index (χ2n) is 6.88. The molecule has 0 spiro atoms. The smallest absolute Gasteiger partial charge is 0.331 e. The summed E-state index contributed by atoms with van der Waals surface area (Å²) in [6, 6.07) is 1.06. The molecule has 1 amide bonds. The number of ether oxygens (including phenoxy) is 1. The van der Waals surface area contributed by atoms with Crippen LogP contribution in [0.25, 0.3) is 0 Å². The quantitative estimate of drug-likeness (QED) is 0.585. The van der Waals surface area contributed by atoms with Gasteiger partial charge in [0, 0.05) is 45.8 Å². The molecular formula is C17H24N6O5. The zero-order chi connectivity index (χ0) is 20.4. The van der Waals surface area contributed by atoms with Crippen LogP contribution in [0.15, 0.2) is 15.7 Å². The number of rotatable bonds is 7. The van der Waals surface area contributed by atoms with Gasteiger partial charge >= 0.3 is 5.69 Å². The van der Waals surface area contributed by atoms with Gasteiger partial charge in [-0.1, -0.05) is 0 Å². The minimum atomic E-state index is -0.549. The normalized spacial score (nSPS) is 18.7. The first-order valence-corrected chi connectivity index (χ1v) is 8.97. The second kappa shape index (κ2) is 8.07. The fraction of sp³-hybridized carbons (Fsp3) is 0.588. The molecule has 2 N–H and O–H groups in total. The van der Waals surface area contributed by atoms with Crippen LogP contribution in [-0.2, 0) is 32.0 Å². The maximum atomic E-state index is 12.5. The Balaban J connectivity index is 1.67. The molecule has 1 aliphatic carbocycles. The zero-order valence-electron chi connectivity index (χ0n) is 16.1. The summed E-state index contributed by atoms with van der Waals surface area (Å²) < 4.78 is 9.04. The molecule has 1 saturated carbocycles. The van der Waals surface area contributed by atoms with Crippen LogP contribution < -0.4 is 16.6 Å². The van der Waals surface area contributed by atoms with Gasteiger partial charge in [0.15, 0.2) is 5.82 Å². The van der Waals surface area contributed by atoms with E-state index in [2.05, 4.69) is 15.5 Å². The Labute approximate surface area is 160 Å². The van der Waals surface area contributed by atoms with Gasteiger partial charge in [0.25, 0.3) is 11.5 Å². The average molecular weight is 392 g/mol. The Bertz CT molecular complexity index is 985. The van der Waals surface area contributed by atoms with Crippen molar-refractivity contribution >= 4 is 5.91 Å². The monoisotopic (exact) mass is 392 g/mol. The standard InChI is InChI=1S/C17H24N6O5/c1-21-12(8-14(25)22(2)17(21)27)16(26)18-11-6-10(7-11)15-20-19-13(9-24)23(15)4-5-28-3/h8,10-11,24H,4-7,9H2,1-3H3,(H,18,26). The lowest BCUT2D eigenvalue weighted by Gasteiger charge is -2.35. The van der Waals surface area contributed by atoms with E-state index in [1.807, 2.05) is 4.57 Å². The molecule has 2 heterocycles. The first kappa shape index (κ1) is 20.0. The Morgan fingerprint density at radius 3 is 2.64 bits per heavy atom. The maximum Gasteiger partial charge on any atom is 0.331 e. The Kier molecular flexibility index (Phi) is 5.75. The number of methoxy groups -OCH3 is 1. The highest BCUT2D eigenvalue weighted by molar-refractivity contribution is 5.92. The minimum Gasteiger partial charge on any atom is -0.388 e. The lowest BCUT2D eigenvalue weighted by atomic mass is 9.79. The van der Waals surface area contributed by atoms with Crippen molar-refractivity contribution in [2.45, 2.75) is 38.0 Å². The van der Waals surface area contributed by atoms with Crippen molar-refractivity contribution < 1.29 is 14.6 Å². The number of amides is 1. The van der Waals surface area contributed by atoms with Crippen LogP contribution in [-0.4, -0.2) is 54.7 Å². The number of hydrogen-bond donors (Lipinski definition) is 2. The van der Waals surface area contributed by atoms with E-state index in [1.165, 1.54) is 14.1 Å². The lowest BCUT2D eigenvalue weighted by molar-refractivity contribution is 0.0895. The van der Waals surface area contributed by atoms with Gasteiger partial charge in [0.2, 0.25) is 0 Å². The number of aliphatic hydroxyl groups is 1. The van der Waals surface area contributed by atoms with Gasteiger partial charge in [0.05, 0.1) is 6.61 Å². The van der Waals surface area contributed by atoms with E-state index in [0.717, 1.165) is 21.0 Å². The third-order valence-corrected chi connectivity index (χ3v) is 5.11. The highest BCUT2D eigenvalue weighted by Gasteiger charge is 2.35. The Morgan fingerprint density at radius 2 is 2.00 bits per heavy atom. The minimum absolute atomic E-state index is 0.0300. The van der Waals surface area contributed by atoms with E-state index in [1.54, 1.807) is 7.11 Å². The Hall–Kier alpha value is -2.79. The lowest BCUT2D eigenvalue weighted by Crippen LogP contribution is -2.47. The number of aromatic nitrogens is 5. The number of aliphatic hydroxyl groups excluding tert-OH is 1. The summed E-state index contributed by atoms with van der Waals surface area (Å²) in [5.74, 6) is 0.877. The van der Waals surface area contributed by atoms with Crippen LogP contribution in [0.5, 0.6) is 0 Å². The van der Waals surface area contributed by atoms with E-state index < -0.39 is 17.2 Å². The van der Waals surface area contributed by atoms with Crippen molar-refractivity contribution in [1.82, 2.24) is 29.2 Å². The summed E-state index contributed by atoms with van der Waals surface area (Å²) >= 11 is 0. The van der Waals surface area contributed by atoms with Crippen molar-refractivity contribution in [2.24, 2.45) is 14.1 Å². The first-order chi connectivity index (χ1) is 13.4. The van der Waals surface area contributed by atoms with Crippen molar-refractivity contribution in [3.8, 4) is 0 Å². The predicted octanol–water partition coefficient (Wildman–Crippen LogP) is -1.51. The molecule has 2 aromatic rings. The van der Waals surface area contributed by atoms with E-state index in [-0.39, 0.29) is 24.3 Å². The third kappa shape index (κ3) is 3.62. The number of carbonyl (C=O) groups is 1. The summed E-state index contributed by atoms with van der Waals surface area (Å²) in [7, 11) is 4.42. The number of nitrogens with one attached hydrogen (secondary N) is 1. The first-order valence-electron chi connectivity index (χ1n) is 8.97. The molecule has 11 heteroatoms. The average Bonchev–Trinajstić information content (AvgIpc) is 3.05. The highest BCUT2D eigenvalue weighted by Crippen LogP contribution is 2.36. The van der Waals surface area contributed by atoms with E-state index >= 15 is 0 Å². The van der Waals surface area contributed by atoms with Crippen LogP contribution in [0.3, 0.4) is 0 Å². The summed E-state index contributed by atoms with van der Waals surface area (Å²) in [6.45, 7) is 0.806. The summed E-state index contributed by atoms with van der Waals surface area (Å²) in [5, 5.41) is 20.5. The predicted molar refractivity (Wildman–Crippen MR) is 98.0 cm³/mol. The molecule has 3 rings (SSSR count). The molecule has 152 valence electrons. The van der Waals surface area contributed by atoms with Crippen LogP contribution in [0.4, 0.5) is 0 Å². The van der Waals surface area contributed by atoms with Gasteiger partial charge in [0.1, 0.15) is 18.1 Å². The van der Waals surface area contributed by atoms with Crippen molar-refractivity contribution in [2.75, 3.05) is 13.7 Å². The summed E-state index contributed by atoms with van der Waals surface area (Å²) in [4.78, 5) is 36.3. The molecule has 0 saturated heterocycles. The molecule has 2 aromatic heterocycles. The SMILES string of the molecule is COCCn1c(CO)nnc1C1CC(NC(=O)c2cc(=O)n(C)c(=O)n2C)C1. The molecule has 0 radical (unpaired) electrons. The molecule has 0 bridgehead atoms. The summed E-state index contributed by atoms with van der Waals surface area (Å²) in [6.07, 6.45) is 1.31. The molecule has 1 aliphatic rings. The van der Waals surface area contributed by atoms with Gasteiger partial charge in [-0.25, -0.2) is 4.79 Å². The van der Waals surface area contributed by atoms with Gasteiger partial charge in [-0.3, -0.25) is 18.7 Å². The largest absolute Gasteiger partial charge is 0.388 e. The number of hydrogen-bond acceptors (Lipinski definition) is 7.